The summed E-state index contributed by atoms with van der Waals surface area (Å²) in [4.78, 5) is 0. The summed E-state index contributed by atoms with van der Waals surface area (Å²) in [5.74, 6) is 4.08. The summed E-state index contributed by atoms with van der Waals surface area (Å²) in [6, 6.07) is 53.6. The fourth-order valence-electron chi connectivity index (χ4n) is 8.59. The molecule has 2 nitrogen and oxygen atoms in total. The zero-order valence-corrected chi connectivity index (χ0v) is 34.6. The van der Waals surface area contributed by atoms with Gasteiger partial charge in [0.25, 0.3) is 0 Å². The SMILES string of the molecule is CCc1ccc(C2=Cc3c(-c4cccc5ccccc45)cccc3[CH]2[Zr+2][CH]2C(c3ccc(CC)o3)=Cc3c(-c4cccc5ccccc45)cccc32)o1.[Cl-].[Cl-]. The Morgan fingerprint density at radius 3 is 1.27 bits per heavy atom. The van der Waals surface area contributed by atoms with E-state index < -0.39 is 23.2 Å². The molecule has 5 heteroatoms. The first-order valence-electron chi connectivity index (χ1n) is 18.8. The van der Waals surface area contributed by atoms with Gasteiger partial charge in [-0.3, -0.25) is 0 Å². The third kappa shape index (κ3) is 6.41. The molecule has 6 aromatic carbocycles. The van der Waals surface area contributed by atoms with E-state index in [0.29, 0.717) is 7.25 Å². The second-order valence-electron chi connectivity index (χ2n) is 14.1. The van der Waals surface area contributed by atoms with E-state index in [9.17, 15) is 0 Å². The van der Waals surface area contributed by atoms with Gasteiger partial charge in [0.15, 0.2) is 0 Å². The topological polar surface area (TPSA) is 26.3 Å². The Labute approximate surface area is 346 Å². The largest absolute Gasteiger partial charge is 1.00 e. The Kier molecular flexibility index (Phi) is 10.5. The van der Waals surface area contributed by atoms with Crippen molar-refractivity contribution in [1.82, 2.24) is 0 Å². The molecule has 10 rings (SSSR count). The van der Waals surface area contributed by atoms with Crippen LogP contribution in [0.15, 0.2) is 154 Å². The second-order valence-corrected chi connectivity index (χ2v) is 17.8. The first-order valence-corrected chi connectivity index (χ1v) is 21.6. The minimum Gasteiger partial charge on any atom is -1.00 e. The van der Waals surface area contributed by atoms with E-state index in [1.165, 1.54) is 77.2 Å². The number of halogens is 2. The maximum atomic E-state index is 6.60. The second kappa shape index (κ2) is 15.5. The summed E-state index contributed by atoms with van der Waals surface area (Å²) in [5, 5.41) is 5.10. The standard InChI is InChI=1S/2C25H19O.2ClH.Zr/c2*1-2-20-13-14-25(26-20)19-15-18-9-6-12-23(24(18)16-19)22-11-5-8-17-7-3-4-10-21(17)22;;;/h2*3-16H,2H2,1H3;2*1H;/q;;;;+2/p-2. The molecule has 0 amide bonds. The average molecular weight is 833 g/mol. The quantitative estimate of drug-likeness (QED) is 0.158. The van der Waals surface area contributed by atoms with Crippen LogP contribution >= 0.6 is 0 Å². The van der Waals surface area contributed by atoms with E-state index in [2.05, 4.69) is 172 Å². The van der Waals surface area contributed by atoms with Gasteiger partial charge in [-0.25, -0.2) is 0 Å². The van der Waals surface area contributed by atoms with Crippen molar-refractivity contribution in [3.05, 3.63) is 191 Å². The molecule has 0 radical (unpaired) electrons. The number of benzene rings is 6. The number of allylic oxidation sites excluding steroid dienone is 2. The maximum absolute atomic E-state index is 6.60. The van der Waals surface area contributed by atoms with Crippen LogP contribution in [0.4, 0.5) is 0 Å². The smallest absolute Gasteiger partial charge is 1.00 e. The number of aryl methyl sites for hydroxylation is 2. The van der Waals surface area contributed by atoms with E-state index in [4.69, 9.17) is 8.83 Å². The fraction of sp³-hybridized carbons (Fsp3) is 0.120. The number of fused-ring (bicyclic) bond motifs is 4. The van der Waals surface area contributed by atoms with Gasteiger partial charge in [0, 0.05) is 0 Å². The predicted octanol–water partition coefficient (Wildman–Crippen LogP) is 7.62. The van der Waals surface area contributed by atoms with Gasteiger partial charge in [-0.15, -0.1) is 0 Å². The molecule has 0 fully saturated rings. The van der Waals surface area contributed by atoms with Gasteiger partial charge in [-0.05, 0) is 0 Å². The molecular weight excluding hydrogens is 795 g/mol. The van der Waals surface area contributed by atoms with Gasteiger partial charge in [0.1, 0.15) is 0 Å². The number of hydrogen-bond acceptors (Lipinski definition) is 2. The van der Waals surface area contributed by atoms with Crippen LogP contribution in [0, 0.1) is 0 Å². The Bertz CT molecular complexity index is 2570. The Hall–Kier alpha value is -4.66. The van der Waals surface area contributed by atoms with Crippen LogP contribution in [0.2, 0.25) is 0 Å². The molecular formula is C50H38Cl2O2Zr. The molecule has 55 heavy (non-hydrogen) atoms. The first-order chi connectivity index (χ1) is 26.2. The van der Waals surface area contributed by atoms with Gasteiger partial charge in [-0.2, -0.15) is 0 Å². The van der Waals surface area contributed by atoms with Gasteiger partial charge >= 0.3 is 324 Å². The molecule has 2 atom stereocenters. The Morgan fingerprint density at radius 1 is 0.436 bits per heavy atom. The molecule has 2 aromatic heterocycles. The Balaban J connectivity index is 0.00000214. The van der Waals surface area contributed by atoms with Crippen LogP contribution in [0.5, 0.6) is 0 Å². The summed E-state index contributed by atoms with van der Waals surface area (Å²) < 4.78 is 13.8. The van der Waals surface area contributed by atoms with Crippen molar-refractivity contribution in [3.63, 3.8) is 0 Å². The van der Waals surface area contributed by atoms with Crippen molar-refractivity contribution in [2.75, 3.05) is 0 Å². The molecule has 0 bridgehead atoms. The summed E-state index contributed by atoms with van der Waals surface area (Å²) in [5.41, 5.74) is 13.3. The molecule has 2 aliphatic rings. The van der Waals surface area contributed by atoms with Crippen molar-refractivity contribution in [3.8, 4) is 22.3 Å². The zero-order chi connectivity index (χ0) is 35.5. The molecule has 0 aliphatic heterocycles. The van der Waals surface area contributed by atoms with Crippen molar-refractivity contribution >= 4 is 44.8 Å². The molecule has 2 unspecified atom stereocenters. The van der Waals surface area contributed by atoms with Crippen LogP contribution in [0.3, 0.4) is 0 Å². The van der Waals surface area contributed by atoms with Gasteiger partial charge in [-0.1, -0.05) is 0 Å². The van der Waals surface area contributed by atoms with Gasteiger partial charge in [0.2, 0.25) is 0 Å². The zero-order valence-electron chi connectivity index (χ0n) is 30.7. The minimum absolute atomic E-state index is 0. The fourth-order valence-corrected chi connectivity index (χ4v) is 13.5. The van der Waals surface area contributed by atoms with Crippen LogP contribution in [-0.2, 0) is 36.1 Å². The molecule has 8 aromatic rings. The number of furan rings is 2. The normalized spacial score (nSPS) is 15.5. The summed E-state index contributed by atoms with van der Waals surface area (Å²) in [7, 11) is 0. The first kappa shape index (κ1) is 37.3. The van der Waals surface area contributed by atoms with Crippen molar-refractivity contribution in [2.24, 2.45) is 0 Å². The van der Waals surface area contributed by atoms with Crippen LogP contribution < -0.4 is 24.8 Å². The van der Waals surface area contributed by atoms with Gasteiger partial charge in [0.05, 0.1) is 0 Å². The van der Waals surface area contributed by atoms with Crippen LogP contribution in [0.25, 0.3) is 67.1 Å². The third-order valence-corrected chi connectivity index (χ3v) is 15.9. The van der Waals surface area contributed by atoms with Crippen molar-refractivity contribution in [1.29, 1.82) is 0 Å². The monoisotopic (exact) mass is 830 g/mol. The van der Waals surface area contributed by atoms with E-state index in [0.717, 1.165) is 35.9 Å². The van der Waals surface area contributed by atoms with E-state index in [-0.39, 0.29) is 24.8 Å². The number of rotatable bonds is 8. The van der Waals surface area contributed by atoms with E-state index >= 15 is 0 Å². The Morgan fingerprint density at radius 2 is 0.836 bits per heavy atom. The average Bonchev–Trinajstić information content (AvgIpc) is 4.03. The summed E-state index contributed by atoms with van der Waals surface area (Å²) >= 11 is -1.37. The van der Waals surface area contributed by atoms with Crippen molar-refractivity contribution < 1.29 is 56.9 Å². The minimum atomic E-state index is -1.37. The molecule has 0 N–H and O–H groups in total. The molecule has 0 spiro atoms. The maximum Gasteiger partial charge on any atom is -1.00 e. The van der Waals surface area contributed by atoms with Crippen molar-refractivity contribution in [2.45, 2.75) is 33.9 Å². The third-order valence-electron chi connectivity index (χ3n) is 11.2. The summed E-state index contributed by atoms with van der Waals surface area (Å²) in [6.07, 6.45) is 6.68. The van der Waals surface area contributed by atoms with E-state index in [1.807, 2.05) is 0 Å². The van der Waals surface area contributed by atoms with Crippen LogP contribution in [-0.4, -0.2) is 0 Å². The van der Waals surface area contributed by atoms with E-state index in [1.54, 1.807) is 0 Å². The molecule has 0 saturated heterocycles. The molecule has 268 valence electrons. The predicted molar refractivity (Wildman–Crippen MR) is 216 cm³/mol. The van der Waals surface area contributed by atoms with Gasteiger partial charge < -0.3 is 24.8 Å². The molecule has 0 saturated carbocycles. The molecule has 2 aliphatic carbocycles. The number of hydrogen-bond donors (Lipinski definition) is 0. The molecule has 2 heterocycles. The van der Waals surface area contributed by atoms with Crippen LogP contribution in [0.1, 0.15) is 66.4 Å². The summed E-state index contributed by atoms with van der Waals surface area (Å²) in [6.45, 7) is 4.34.